The molecule has 2 heterocycles. The number of nitrogens with zero attached hydrogens (tertiary/aromatic N) is 3. The number of piperazine rings is 1. The number of rotatable bonds is 2. The number of phenolic OH excluding ortho intramolecular Hbond substituents is 2. The van der Waals surface area contributed by atoms with Gasteiger partial charge in [-0.2, -0.15) is 0 Å². The van der Waals surface area contributed by atoms with Crippen LogP contribution in [0.25, 0.3) is 0 Å². The minimum absolute atomic E-state index is 0.137. The number of hydrogen-bond acceptors (Lipinski definition) is 6. The quantitative estimate of drug-likeness (QED) is 0.823. The van der Waals surface area contributed by atoms with Crippen molar-refractivity contribution in [2.24, 2.45) is 0 Å². The van der Waals surface area contributed by atoms with Crippen LogP contribution in [0.2, 0.25) is 0 Å². The van der Waals surface area contributed by atoms with Crippen molar-refractivity contribution in [2.75, 3.05) is 31.1 Å². The van der Waals surface area contributed by atoms with Crippen LogP contribution in [0.1, 0.15) is 10.4 Å². The van der Waals surface area contributed by atoms with Gasteiger partial charge in [0.2, 0.25) is 0 Å². The van der Waals surface area contributed by atoms with Gasteiger partial charge in [-0.05, 0) is 12.1 Å². The number of carbonyl (C=O) groups is 1. The highest BCUT2D eigenvalue weighted by Crippen LogP contribution is 2.29. The molecule has 7 heteroatoms. The van der Waals surface area contributed by atoms with Gasteiger partial charge in [0.25, 0.3) is 5.91 Å². The lowest BCUT2D eigenvalue weighted by atomic mass is 10.1. The normalized spacial score (nSPS) is 15.2. The molecule has 1 fully saturated rings. The molecule has 0 spiro atoms. The van der Waals surface area contributed by atoms with E-state index < -0.39 is 0 Å². The third kappa shape index (κ3) is 2.64. The number of thiazole rings is 1. The van der Waals surface area contributed by atoms with Crippen LogP contribution < -0.4 is 4.90 Å². The molecule has 0 bridgehead atoms. The van der Waals surface area contributed by atoms with Gasteiger partial charge in [0.05, 0.1) is 5.56 Å². The summed E-state index contributed by atoms with van der Waals surface area (Å²) in [6.07, 6.45) is 1.77. The Kier molecular flexibility index (Phi) is 3.66. The number of aromatic nitrogens is 1. The zero-order chi connectivity index (χ0) is 14.8. The molecule has 1 aliphatic rings. The van der Waals surface area contributed by atoms with Crippen LogP contribution in [-0.4, -0.2) is 52.2 Å². The summed E-state index contributed by atoms with van der Waals surface area (Å²) >= 11 is 1.58. The molecule has 1 aromatic heterocycles. The van der Waals surface area contributed by atoms with Gasteiger partial charge in [-0.3, -0.25) is 4.79 Å². The van der Waals surface area contributed by atoms with Gasteiger partial charge in [0.1, 0.15) is 0 Å². The van der Waals surface area contributed by atoms with Crippen molar-refractivity contribution in [1.82, 2.24) is 9.88 Å². The average Bonchev–Trinajstić information content (AvgIpc) is 3.04. The Labute approximate surface area is 125 Å². The fourth-order valence-corrected chi connectivity index (χ4v) is 3.04. The van der Waals surface area contributed by atoms with Crippen molar-refractivity contribution in [3.05, 3.63) is 35.3 Å². The van der Waals surface area contributed by atoms with E-state index in [4.69, 9.17) is 0 Å². The zero-order valence-corrected chi connectivity index (χ0v) is 12.1. The molecule has 110 valence electrons. The molecular formula is C14H15N3O3S. The van der Waals surface area contributed by atoms with E-state index in [1.54, 1.807) is 28.5 Å². The lowest BCUT2D eigenvalue weighted by Gasteiger charge is -2.34. The number of benzene rings is 1. The molecule has 21 heavy (non-hydrogen) atoms. The first kappa shape index (κ1) is 13.7. The Morgan fingerprint density at radius 2 is 1.95 bits per heavy atom. The summed E-state index contributed by atoms with van der Waals surface area (Å²) in [6, 6.07) is 4.42. The van der Waals surface area contributed by atoms with Gasteiger partial charge in [0.15, 0.2) is 16.6 Å². The summed E-state index contributed by atoms with van der Waals surface area (Å²) in [5.41, 5.74) is 0.137. The number of amides is 1. The van der Waals surface area contributed by atoms with E-state index in [9.17, 15) is 15.0 Å². The maximum atomic E-state index is 12.4. The van der Waals surface area contributed by atoms with Crippen LogP contribution in [0, 0.1) is 0 Å². The van der Waals surface area contributed by atoms with E-state index in [2.05, 4.69) is 9.88 Å². The summed E-state index contributed by atoms with van der Waals surface area (Å²) in [5.74, 6) is -0.894. The zero-order valence-electron chi connectivity index (χ0n) is 11.3. The van der Waals surface area contributed by atoms with Crippen LogP contribution in [0.4, 0.5) is 5.13 Å². The van der Waals surface area contributed by atoms with Gasteiger partial charge >= 0.3 is 0 Å². The molecule has 6 nitrogen and oxygen atoms in total. The van der Waals surface area contributed by atoms with Crippen molar-refractivity contribution in [1.29, 1.82) is 0 Å². The second-order valence-electron chi connectivity index (χ2n) is 4.77. The van der Waals surface area contributed by atoms with Crippen LogP contribution in [-0.2, 0) is 0 Å². The molecule has 1 amide bonds. The van der Waals surface area contributed by atoms with Crippen LogP contribution in [0.15, 0.2) is 29.8 Å². The number of anilines is 1. The van der Waals surface area contributed by atoms with E-state index in [0.29, 0.717) is 26.2 Å². The van der Waals surface area contributed by atoms with E-state index in [1.807, 2.05) is 5.38 Å². The second-order valence-corrected chi connectivity index (χ2v) is 5.64. The molecule has 3 rings (SSSR count). The van der Waals surface area contributed by atoms with E-state index >= 15 is 0 Å². The molecule has 0 radical (unpaired) electrons. The van der Waals surface area contributed by atoms with Crippen LogP contribution >= 0.6 is 11.3 Å². The monoisotopic (exact) mass is 305 g/mol. The number of phenols is 2. The summed E-state index contributed by atoms with van der Waals surface area (Å²) < 4.78 is 0. The van der Waals surface area contributed by atoms with Crippen molar-refractivity contribution in [3.8, 4) is 11.5 Å². The Morgan fingerprint density at radius 3 is 2.62 bits per heavy atom. The summed E-state index contributed by atoms with van der Waals surface area (Å²) in [6.45, 7) is 2.54. The van der Waals surface area contributed by atoms with Gasteiger partial charge in [0, 0.05) is 37.8 Å². The summed E-state index contributed by atoms with van der Waals surface area (Å²) in [5, 5.41) is 22.2. The lowest BCUT2D eigenvalue weighted by Crippen LogP contribution is -2.48. The predicted molar refractivity (Wildman–Crippen MR) is 80.0 cm³/mol. The van der Waals surface area contributed by atoms with Crippen LogP contribution in [0.3, 0.4) is 0 Å². The largest absolute Gasteiger partial charge is 0.504 e. The van der Waals surface area contributed by atoms with Gasteiger partial charge < -0.3 is 20.0 Å². The Morgan fingerprint density at radius 1 is 1.19 bits per heavy atom. The van der Waals surface area contributed by atoms with Crippen LogP contribution in [0.5, 0.6) is 11.5 Å². The first-order chi connectivity index (χ1) is 10.2. The van der Waals surface area contributed by atoms with E-state index in [-0.39, 0.29) is 23.0 Å². The third-order valence-electron chi connectivity index (χ3n) is 3.50. The summed E-state index contributed by atoms with van der Waals surface area (Å²) in [7, 11) is 0. The SMILES string of the molecule is O=C(c1cccc(O)c1O)N1CCN(c2nccs2)CC1. The molecular weight excluding hydrogens is 290 g/mol. The minimum atomic E-state index is -0.357. The lowest BCUT2D eigenvalue weighted by molar-refractivity contribution is 0.0743. The van der Waals surface area contributed by atoms with E-state index in [1.165, 1.54) is 12.1 Å². The number of para-hydroxylation sites is 1. The fraction of sp³-hybridized carbons (Fsp3) is 0.286. The fourth-order valence-electron chi connectivity index (χ4n) is 2.35. The molecule has 1 saturated heterocycles. The Bertz CT molecular complexity index is 637. The molecule has 0 saturated carbocycles. The summed E-state index contributed by atoms with van der Waals surface area (Å²) in [4.78, 5) is 20.5. The van der Waals surface area contributed by atoms with Gasteiger partial charge in [-0.15, -0.1) is 11.3 Å². The molecule has 1 aliphatic heterocycles. The third-order valence-corrected chi connectivity index (χ3v) is 4.33. The van der Waals surface area contributed by atoms with Gasteiger partial charge in [-0.1, -0.05) is 6.07 Å². The number of aromatic hydroxyl groups is 2. The first-order valence-corrected chi connectivity index (χ1v) is 7.49. The molecule has 0 aliphatic carbocycles. The molecule has 2 N–H and O–H groups in total. The average molecular weight is 305 g/mol. The maximum Gasteiger partial charge on any atom is 0.257 e. The van der Waals surface area contributed by atoms with Crippen molar-refractivity contribution >= 4 is 22.4 Å². The molecule has 1 aromatic carbocycles. The Hall–Kier alpha value is -2.28. The highest BCUT2D eigenvalue weighted by atomic mass is 32.1. The van der Waals surface area contributed by atoms with Crippen molar-refractivity contribution < 1.29 is 15.0 Å². The van der Waals surface area contributed by atoms with E-state index in [0.717, 1.165) is 5.13 Å². The molecule has 2 aromatic rings. The highest BCUT2D eigenvalue weighted by molar-refractivity contribution is 7.13. The Balaban J connectivity index is 1.69. The van der Waals surface area contributed by atoms with Gasteiger partial charge in [-0.25, -0.2) is 4.98 Å². The second kappa shape index (κ2) is 5.61. The predicted octanol–water partition coefficient (Wildman–Crippen LogP) is 1.52. The standard InChI is InChI=1S/C14H15N3O3S/c18-11-3-1-2-10(12(11)19)13(20)16-5-7-17(8-6-16)14-15-4-9-21-14/h1-4,9,18-19H,5-8H2. The maximum absolute atomic E-state index is 12.4. The highest BCUT2D eigenvalue weighted by Gasteiger charge is 2.25. The number of hydrogen-bond donors (Lipinski definition) is 2. The minimum Gasteiger partial charge on any atom is -0.504 e. The van der Waals surface area contributed by atoms with Crippen molar-refractivity contribution in [3.63, 3.8) is 0 Å². The smallest absolute Gasteiger partial charge is 0.257 e. The molecule has 0 atom stereocenters. The topological polar surface area (TPSA) is 76.9 Å². The molecule has 0 unspecified atom stereocenters. The van der Waals surface area contributed by atoms with Crippen molar-refractivity contribution in [2.45, 2.75) is 0 Å². The number of carbonyl (C=O) groups excluding carboxylic acids is 1. The first-order valence-electron chi connectivity index (χ1n) is 6.61.